The van der Waals surface area contributed by atoms with Crippen molar-refractivity contribution in [1.29, 1.82) is 0 Å². The van der Waals surface area contributed by atoms with Crippen molar-refractivity contribution < 1.29 is 22.4 Å². The van der Waals surface area contributed by atoms with Gasteiger partial charge in [0.25, 0.3) is 5.91 Å². The van der Waals surface area contributed by atoms with E-state index in [1.165, 1.54) is 4.90 Å². The Balaban J connectivity index is 1.47. The van der Waals surface area contributed by atoms with Crippen LogP contribution in [0.25, 0.3) is 0 Å². The number of hydrogen-bond acceptors (Lipinski definition) is 4. The molecule has 3 unspecified atom stereocenters. The molecule has 0 spiro atoms. The van der Waals surface area contributed by atoms with E-state index >= 15 is 0 Å². The van der Waals surface area contributed by atoms with Crippen molar-refractivity contribution in [3.8, 4) is 0 Å². The summed E-state index contributed by atoms with van der Waals surface area (Å²) in [4.78, 5) is 25.4. The molecule has 3 atom stereocenters. The fraction of sp³-hybridized carbons (Fsp3) is 0.571. The maximum absolute atomic E-state index is 14.2. The predicted octanol–water partition coefficient (Wildman–Crippen LogP) is 3.54. The third-order valence-corrected chi connectivity index (χ3v) is 6.00. The van der Waals surface area contributed by atoms with Gasteiger partial charge in [-0.05, 0) is 32.9 Å². The first-order valence-electron chi connectivity index (χ1n) is 9.99. The zero-order valence-electron chi connectivity index (χ0n) is 17.1. The SMILES string of the molecule is Cc1cc(C)nc(N2CC3CN(C(=O)C4=CCC(C)(F)C=C4C(F)(F)F)CC3C2)n1. The Morgan fingerprint density at radius 1 is 1.10 bits per heavy atom. The molecule has 9 heteroatoms. The molecule has 2 fully saturated rings. The number of rotatable bonds is 2. The molecule has 30 heavy (non-hydrogen) atoms. The summed E-state index contributed by atoms with van der Waals surface area (Å²) in [6.07, 6.45) is -3.39. The second-order valence-electron chi connectivity index (χ2n) is 8.74. The van der Waals surface area contributed by atoms with Gasteiger partial charge in [-0.2, -0.15) is 13.2 Å². The molecular weight excluding hydrogens is 400 g/mol. The highest BCUT2D eigenvalue weighted by atomic mass is 19.4. The Hall–Kier alpha value is -2.45. The molecule has 1 aliphatic carbocycles. The molecule has 0 bridgehead atoms. The number of alkyl halides is 4. The lowest BCUT2D eigenvalue weighted by molar-refractivity contribution is -0.128. The first-order valence-corrected chi connectivity index (χ1v) is 9.99. The highest BCUT2D eigenvalue weighted by Crippen LogP contribution is 2.41. The number of nitrogens with zero attached hydrogens (tertiary/aromatic N) is 4. The van der Waals surface area contributed by atoms with Gasteiger partial charge < -0.3 is 9.80 Å². The molecule has 4 rings (SSSR count). The lowest BCUT2D eigenvalue weighted by Gasteiger charge is -2.28. The van der Waals surface area contributed by atoms with Crippen LogP contribution in [-0.2, 0) is 4.79 Å². The van der Waals surface area contributed by atoms with E-state index in [-0.39, 0.29) is 18.3 Å². The van der Waals surface area contributed by atoms with Gasteiger partial charge in [0.1, 0.15) is 5.67 Å². The molecule has 1 aromatic heterocycles. The van der Waals surface area contributed by atoms with Crippen molar-refractivity contribution in [2.45, 2.75) is 39.0 Å². The van der Waals surface area contributed by atoms with E-state index < -0.39 is 28.9 Å². The van der Waals surface area contributed by atoms with Gasteiger partial charge >= 0.3 is 6.18 Å². The molecule has 162 valence electrons. The third-order valence-electron chi connectivity index (χ3n) is 6.00. The largest absolute Gasteiger partial charge is 0.416 e. The summed E-state index contributed by atoms with van der Waals surface area (Å²) in [6.45, 7) is 6.95. The molecule has 1 amide bonds. The fourth-order valence-corrected chi connectivity index (χ4v) is 4.63. The number of anilines is 1. The summed E-state index contributed by atoms with van der Waals surface area (Å²) >= 11 is 0. The molecule has 0 saturated carbocycles. The van der Waals surface area contributed by atoms with Crippen LogP contribution in [-0.4, -0.2) is 58.8 Å². The highest BCUT2D eigenvalue weighted by molar-refractivity contribution is 5.98. The summed E-state index contributed by atoms with van der Waals surface area (Å²) in [5, 5.41) is 0. The molecule has 3 heterocycles. The number of halogens is 4. The second-order valence-corrected chi connectivity index (χ2v) is 8.74. The molecular formula is C21H24F4N4O. The standard InChI is InChI=1S/C21H24F4N4O/c1-12-6-13(2)27-19(26-12)29-10-14-8-28(9-15(14)11-29)18(30)16-4-5-20(3,22)7-17(16)21(23,24)25/h4,6-7,14-15H,5,8-11H2,1-3H3. The van der Waals surface area contributed by atoms with Crippen LogP contribution in [0.1, 0.15) is 24.7 Å². The molecule has 0 aromatic carbocycles. The van der Waals surface area contributed by atoms with Crippen LogP contribution in [0.15, 0.2) is 29.4 Å². The number of aromatic nitrogens is 2. The Morgan fingerprint density at radius 3 is 2.20 bits per heavy atom. The molecule has 0 N–H and O–H groups in total. The molecule has 5 nitrogen and oxygen atoms in total. The maximum atomic E-state index is 14.2. The minimum absolute atomic E-state index is 0.146. The number of fused-ring (bicyclic) bond motifs is 1. The topological polar surface area (TPSA) is 49.3 Å². The van der Waals surface area contributed by atoms with E-state index in [1.54, 1.807) is 0 Å². The van der Waals surface area contributed by atoms with Crippen molar-refractivity contribution in [1.82, 2.24) is 14.9 Å². The van der Waals surface area contributed by atoms with Crippen LogP contribution in [0.4, 0.5) is 23.5 Å². The van der Waals surface area contributed by atoms with E-state index in [1.807, 2.05) is 19.9 Å². The average Bonchev–Trinajstić information content (AvgIpc) is 3.18. The predicted molar refractivity (Wildman–Crippen MR) is 104 cm³/mol. The van der Waals surface area contributed by atoms with E-state index in [4.69, 9.17) is 0 Å². The Labute approximate surface area is 172 Å². The van der Waals surface area contributed by atoms with E-state index in [0.29, 0.717) is 38.2 Å². The van der Waals surface area contributed by atoms with Crippen LogP contribution in [0.2, 0.25) is 0 Å². The normalized spacial score (nSPS) is 29.0. The lowest BCUT2D eigenvalue weighted by atomic mass is 9.88. The molecule has 0 radical (unpaired) electrons. The number of carbonyl (C=O) groups is 1. The van der Waals surface area contributed by atoms with Crippen molar-refractivity contribution in [2.24, 2.45) is 11.8 Å². The van der Waals surface area contributed by atoms with Crippen LogP contribution in [0, 0.1) is 25.7 Å². The van der Waals surface area contributed by atoms with E-state index in [2.05, 4.69) is 14.9 Å². The number of aryl methyl sites for hydroxylation is 2. The minimum Gasteiger partial charge on any atom is -0.340 e. The van der Waals surface area contributed by atoms with Gasteiger partial charge in [-0.1, -0.05) is 6.08 Å². The van der Waals surface area contributed by atoms with Crippen LogP contribution < -0.4 is 4.90 Å². The van der Waals surface area contributed by atoms with E-state index in [0.717, 1.165) is 24.4 Å². The van der Waals surface area contributed by atoms with Crippen molar-refractivity contribution in [3.05, 3.63) is 40.8 Å². The molecule has 2 aliphatic heterocycles. The minimum atomic E-state index is -4.78. The van der Waals surface area contributed by atoms with Crippen LogP contribution in [0.5, 0.6) is 0 Å². The van der Waals surface area contributed by atoms with Crippen molar-refractivity contribution in [3.63, 3.8) is 0 Å². The quantitative estimate of drug-likeness (QED) is 0.682. The third kappa shape index (κ3) is 3.94. The first-order chi connectivity index (χ1) is 13.9. The Bertz CT molecular complexity index is 903. The summed E-state index contributed by atoms with van der Waals surface area (Å²) in [7, 11) is 0. The van der Waals surface area contributed by atoms with Gasteiger partial charge in [0.05, 0.1) is 5.57 Å². The highest BCUT2D eigenvalue weighted by Gasteiger charge is 2.47. The van der Waals surface area contributed by atoms with Gasteiger partial charge in [0.15, 0.2) is 0 Å². The Kier molecular flexibility index (Phi) is 4.90. The first kappa shape index (κ1) is 20.8. The number of hydrogen-bond donors (Lipinski definition) is 0. The number of amides is 1. The zero-order chi connectivity index (χ0) is 21.8. The monoisotopic (exact) mass is 424 g/mol. The number of carbonyl (C=O) groups excluding carboxylic acids is 1. The van der Waals surface area contributed by atoms with Gasteiger partial charge in [0.2, 0.25) is 5.95 Å². The fourth-order valence-electron chi connectivity index (χ4n) is 4.63. The summed E-state index contributed by atoms with van der Waals surface area (Å²) in [6, 6.07) is 1.90. The molecule has 1 aromatic rings. The summed E-state index contributed by atoms with van der Waals surface area (Å²) in [5.41, 5.74) is -1.97. The number of likely N-dealkylation sites (tertiary alicyclic amines) is 1. The molecule has 2 saturated heterocycles. The van der Waals surface area contributed by atoms with Crippen molar-refractivity contribution >= 4 is 11.9 Å². The average molecular weight is 424 g/mol. The van der Waals surface area contributed by atoms with Gasteiger partial charge in [-0.3, -0.25) is 4.79 Å². The number of allylic oxidation sites excluding steroid dienone is 2. The van der Waals surface area contributed by atoms with E-state index in [9.17, 15) is 22.4 Å². The summed E-state index contributed by atoms with van der Waals surface area (Å²) < 4.78 is 54.5. The van der Waals surface area contributed by atoms with Crippen LogP contribution >= 0.6 is 0 Å². The summed E-state index contributed by atoms with van der Waals surface area (Å²) in [5.74, 6) is 0.275. The van der Waals surface area contributed by atoms with Gasteiger partial charge in [-0.25, -0.2) is 14.4 Å². The van der Waals surface area contributed by atoms with Gasteiger partial charge in [-0.15, -0.1) is 0 Å². The smallest absolute Gasteiger partial charge is 0.340 e. The lowest BCUT2D eigenvalue weighted by Crippen LogP contribution is -2.37. The van der Waals surface area contributed by atoms with Crippen LogP contribution in [0.3, 0.4) is 0 Å². The maximum Gasteiger partial charge on any atom is 0.416 e. The van der Waals surface area contributed by atoms with Gasteiger partial charge in [0, 0.05) is 61.4 Å². The second kappa shape index (κ2) is 7.06. The molecule has 3 aliphatic rings. The van der Waals surface area contributed by atoms with Crippen molar-refractivity contribution in [2.75, 3.05) is 31.1 Å². The zero-order valence-corrected chi connectivity index (χ0v) is 17.1. The Morgan fingerprint density at radius 2 is 1.67 bits per heavy atom.